The number of halogens is 1. The minimum absolute atomic E-state index is 0.00802. The zero-order valence-corrected chi connectivity index (χ0v) is 20.1. The van der Waals surface area contributed by atoms with Crippen LogP contribution in [-0.2, 0) is 17.9 Å². The van der Waals surface area contributed by atoms with Gasteiger partial charge in [0.05, 0.1) is 17.6 Å². The third-order valence-electron chi connectivity index (χ3n) is 6.66. The van der Waals surface area contributed by atoms with Crippen molar-refractivity contribution in [1.29, 1.82) is 0 Å². The number of anilines is 1. The zero-order valence-electron chi connectivity index (χ0n) is 19.4. The average Bonchev–Trinajstić information content (AvgIpc) is 3.23. The lowest BCUT2D eigenvalue weighted by Crippen LogP contribution is -2.41. The summed E-state index contributed by atoms with van der Waals surface area (Å²) in [6, 6.07) is 24.6. The molecule has 34 heavy (non-hydrogen) atoms. The fraction of sp³-hybridized carbons (Fsp3) is 0.286. The summed E-state index contributed by atoms with van der Waals surface area (Å²) in [5.74, 6) is 1.10. The van der Waals surface area contributed by atoms with Crippen LogP contribution in [-0.4, -0.2) is 28.5 Å². The topological polar surface area (TPSA) is 50.2 Å². The first-order valence-electron chi connectivity index (χ1n) is 11.9. The fourth-order valence-electron chi connectivity index (χ4n) is 4.65. The van der Waals surface area contributed by atoms with Gasteiger partial charge in [0.15, 0.2) is 0 Å². The summed E-state index contributed by atoms with van der Waals surface area (Å²) in [5.41, 5.74) is 5.60. The summed E-state index contributed by atoms with van der Waals surface area (Å²) in [7, 11) is 0. The largest absolute Gasteiger partial charge is 0.352 e. The number of hydrogen-bond donors (Lipinski definition) is 1. The maximum atomic E-state index is 12.8. The smallest absolute Gasteiger partial charge is 0.223 e. The summed E-state index contributed by atoms with van der Waals surface area (Å²) in [6.45, 7) is 4.96. The Balaban J connectivity index is 1.28. The van der Waals surface area contributed by atoms with Crippen LogP contribution in [0.25, 0.3) is 11.0 Å². The van der Waals surface area contributed by atoms with Gasteiger partial charge in [0.1, 0.15) is 0 Å². The van der Waals surface area contributed by atoms with Crippen molar-refractivity contribution < 1.29 is 4.79 Å². The molecule has 0 unspecified atom stereocenters. The van der Waals surface area contributed by atoms with Crippen molar-refractivity contribution in [2.75, 3.05) is 18.0 Å². The van der Waals surface area contributed by atoms with E-state index in [1.165, 1.54) is 11.1 Å². The van der Waals surface area contributed by atoms with E-state index >= 15 is 0 Å². The van der Waals surface area contributed by atoms with Gasteiger partial charge in [-0.25, -0.2) is 4.98 Å². The maximum absolute atomic E-state index is 12.8. The Morgan fingerprint density at radius 1 is 1.00 bits per heavy atom. The van der Waals surface area contributed by atoms with Gasteiger partial charge in [0, 0.05) is 30.6 Å². The molecular formula is C28H29ClN4O. The maximum Gasteiger partial charge on any atom is 0.223 e. The Morgan fingerprint density at radius 3 is 2.47 bits per heavy atom. The third kappa shape index (κ3) is 4.80. The number of fused-ring (bicyclic) bond motifs is 1. The second kappa shape index (κ2) is 9.90. The first-order chi connectivity index (χ1) is 16.6. The van der Waals surface area contributed by atoms with E-state index in [2.05, 4.69) is 64.2 Å². The number of piperidine rings is 1. The second-order valence-corrected chi connectivity index (χ2v) is 9.45. The van der Waals surface area contributed by atoms with Crippen LogP contribution >= 0.6 is 11.6 Å². The lowest BCUT2D eigenvalue weighted by molar-refractivity contribution is -0.125. The minimum atomic E-state index is 0.00802. The van der Waals surface area contributed by atoms with Gasteiger partial charge in [-0.05, 0) is 49.1 Å². The van der Waals surface area contributed by atoms with E-state index in [1.807, 2.05) is 30.3 Å². The van der Waals surface area contributed by atoms with Crippen molar-refractivity contribution in [2.45, 2.75) is 32.9 Å². The molecule has 5 nitrogen and oxygen atoms in total. The number of hydrogen-bond acceptors (Lipinski definition) is 3. The molecule has 0 spiro atoms. The molecule has 1 saturated heterocycles. The zero-order chi connectivity index (χ0) is 23.5. The molecule has 5 rings (SSSR count). The van der Waals surface area contributed by atoms with Gasteiger partial charge in [0.2, 0.25) is 11.9 Å². The molecule has 174 valence electrons. The summed E-state index contributed by atoms with van der Waals surface area (Å²) in [4.78, 5) is 20.1. The van der Waals surface area contributed by atoms with Crippen molar-refractivity contribution in [1.82, 2.24) is 14.9 Å². The van der Waals surface area contributed by atoms with Gasteiger partial charge in [-0.1, -0.05) is 71.8 Å². The van der Waals surface area contributed by atoms with Gasteiger partial charge < -0.3 is 14.8 Å². The normalized spacial score (nSPS) is 14.5. The lowest BCUT2D eigenvalue weighted by atomic mass is 9.96. The average molecular weight is 473 g/mol. The molecule has 1 amide bonds. The minimum Gasteiger partial charge on any atom is -0.352 e. The highest BCUT2D eigenvalue weighted by Crippen LogP contribution is 2.28. The number of aryl methyl sites for hydroxylation is 1. The van der Waals surface area contributed by atoms with Crippen LogP contribution < -0.4 is 10.2 Å². The molecule has 0 aliphatic carbocycles. The first kappa shape index (κ1) is 22.5. The number of benzene rings is 3. The predicted octanol–water partition coefficient (Wildman–Crippen LogP) is 5.58. The Hall–Kier alpha value is -3.31. The summed E-state index contributed by atoms with van der Waals surface area (Å²) >= 11 is 6.23. The van der Waals surface area contributed by atoms with E-state index in [0.29, 0.717) is 11.6 Å². The number of imidazole rings is 1. The molecule has 0 bridgehead atoms. The van der Waals surface area contributed by atoms with Crippen LogP contribution in [0.15, 0.2) is 72.8 Å². The molecule has 1 fully saturated rings. The lowest BCUT2D eigenvalue weighted by Gasteiger charge is -2.32. The van der Waals surface area contributed by atoms with Crippen molar-refractivity contribution in [3.05, 3.63) is 94.5 Å². The molecule has 0 radical (unpaired) electrons. The van der Waals surface area contributed by atoms with Crippen LogP contribution in [0, 0.1) is 12.8 Å². The van der Waals surface area contributed by atoms with Crippen LogP contribution in [0.4, 0.5) is 5.95 Å². The van der Waals surface area contributed by atoms with E-state index in [4.69, 9.17) is 16.6 Å². The van der Waals surface area contributed by atoms with E-state index in [-0.39, 0.29) is 11.8 Å². The SMILES string of the molecule is Cc1ccc(Cn2c(N3CCC(C(=O)NCc4ccccc4Cl)CC3)nc3ccccc32)cc1. The molecule has 2 heterocycles. The Morgan fingerprint density at radius 2 is 1.71 bits per heavy atom. The molecule has 4 aromatic rings. The van der Waals surface area contributed by atoms with Gasteiger partial charge in [-0.3, -0.25) is 4.79 Å². The van der Waals surface area contributed by atoms with Crippen molar-refractivity contribution in [3.8, 4) is 0 Å². The molecular weight excluding hydrogens is 444 g/mol. The Labute approximate surface area is 205 Å². The molecule has 1 aliphatic heterocycles. The highest BCUT2D eigenvalue weighted by atomic mass is 35.5. The summed E-state index contributed by atoms with van der Waals surface area (Å²) in [5, 5.41) is 3.76. The van der Waals surface area contributed by atoms with Crippen LogP contribution in [0.1, 0.15) is 29.5 Å². The Kier molecular flexibility index (Phi) is 6.54. The quantitative estimate of drug-likeness (QED) is 0.398. The van der Waals surface area contributed by atoms with Crippen LogP contribution in [0.3, 0.4) is 0 Å². The van der Waals surface area contributed by atoms with Crippen LogP contribution in [0.5, 0.6) is 0 Å². The highest BCUT2D eigenvalue weighted by molar-refractivity contribution is 6.31. The molecule has 0 saturated carbocycles. The van der Waals surface area contributed by atoms with Crippen molar-refractivity contribution in [2.24, 2.45) is 5.92 Å². The predicted molar refractivity (Wildman–Crippen MR) is 138 cm³/mol. The fourth-order valence-corrected chi connectivity index (χ4v) is 4.85. The number of nitrogens with zero attached hydrogens (tertiary/aromatic N) is 3. The molecule has 6 heteroatoms. The number of amides is 1. The van der Waals surface area contributed by atoms with Gasteiger partial charge in [-0.15, -0.1) is 0 Å². The number of carbonyl (C=O) groups is 1. The molecule has 1 aromatic heterocycles. The van der Waals surface area contributed by atoms with Gasteiger partial charge in [0.25, 0.3) is 0 Å². The number of nitrogens with one attached hydrogen (secondary N) is 1. The standard InChI is InChI=1S/C28H29ClN4O/c1-20-10-12-21(13-11-20)19-33-26-9-5-4-8-25(26)31-28(33)32-16-14-22(15-17-32)27(34)30-18-23-6-2-3-7-24(23)29/h2-13,22H,14-19H2,1H3,(H,30,34). The first-order valence-corrected chi connectivity index (χ1v) is 12.2. The molecule has 3 aromatic carbocycles. The highest BCUT2D eigenvalue weighted by Gasteiger charge is 2.27. The summed E-state index contributed by atoms with van der Waals surface area (Å²) < 4.78 is 2.30. The van der Waals surface area contributed by atoms with E-state index < -0.39 is 0 Å². The molecule has 1 N–H and O–H groups in total. The van der Waals surface area contributed by atoms with Crippen molar-refractivity contribution in [3.63, 3.8) is 0 Å². The summed E-state index contributed by atoms with van der Waals surface area (Å²) in [6.07, 6.45) is 1.62. The third-order valence-corrected chi connectivity index (χ3v) is 7.02. The van der Waals surface area contributed by atoms with E-state index in [0.717, 1.165) is 55.0 Å². The number of rotatable bonds is 6. The number of carbonyl (C=O) groups excluding carboxylic acids is 1. The second-order valence-electron chi connectivity index (χ2n) is 9.04. The number of para-hydroxylation sites is 2. The van der Waals surface area contributed by atoms with E-state index in [9.17, 15) is 4.79 Å². The molecule has 1 aliphatic rings. The van der Waals surface area contributed by atoms with Crippen LogP contribution in [0.2, 0.25) is 5.02 Å². The van der Waals surface area contributed by atoms with Gasteiger partial charge in [-0.2, -0.15) is 0 Å². The number of aromatic nitrogens is 2. The van der Waals surface area contributed by atoms with E-state index in [1.54, 1.807) is 0 Å². The molecule has 0 atom stereocenters. The van der Waals surface area contributed by atoms with Gasteiger partial charge >= 0.3 is 0 Å². The Bertz CT molecular complexity index is 1290. The van der Waals surface area contributed by atoms with Crippen molar-refractivity contribution >= 4 is 34.5 Å². The monoisotopic (exact) mass is 472 g/mol.